The van der Waals surface area contributed by atoms with Gasteiger partial charge in [0, 0.05) is 6.20 Å². The molecule has 0 amide bonds. The van der Waals surface area contributed by atoms with Crippen LogP contribution in [-0.4, -0.2) is 39.3 Å². The molecule has 0 fully saturated rings. The summed E-state index contributed by atoms with van der Waals surface area (Å²) in [4.78, 5) is 14.7. The summed E-state index contributed by atoms with van der Waals surface area (Å²) in [7, 11) is 0. The van der Waals surface area contributed by atoms with E-state index in [0.29, 0.717) is 6.61 Å². The molecule has 5 rings (SSSR count). The van der Waals surface area contributed by atoms with E-state index in [9.17, 15) is 5.11 Å². The molecular weight excluding hydrogens is 352 g/mol. The number of pyridine rings is 1. The van der Waals surface area contributed by atoms with Crippen LogP contribution in [0.25, 0.3) is 22.4 Å². The minimum Gasteiger partial charge on any atom is -0.488 e. The predicted octanol–water partition coefficient (Wildman–Crippen LogP) is 3.82. The van der Waals surface area contributed by atoms with E-state index in [0.717, 1.165) is 45.2 Å². The topological polar surface area (TPSA) is 74.3 Å². The van der Waals surface area contributed by atoms with Crippen molar-refractivity contribution in [1.29, 1.82) is 0 Å². The summed E-state index contributed by atoms with van der Waals surface area (Å²) in [5.74, 6) is 2.29. The molecule has 0 bridgehead atoms. The fourth-order valence-corrected chi connectivity index (χ4v) is 3.63. The van der Waals surface area contributed by atoms with E-state index in [2.05, 4.69) is 9.97 Å². The number of H-pyrrole nitrogens is 1. The van der Waals surface area contributed by atoms with Crippen molar-refractivity contribution in [2.45, 2.75) is 13.0 Å². The molecule has 0 spiro atoms. The molecule has 0 saturated carbocycles. The zero-order valence-electron chi connectivity index (χ0n) is 15.5. The lowest BCUT2D eigenvalue weighted by atomic mass is 10.1. The summed E-state index contributed by atoms with van der Waals surface area (Å²) >= 11 is 0. The molecule has 2 aromatic carbocycles. The van der Waals surface area contributed by atoms with Gasteiger partial charge < -0.3 is 19.7 Å². The van der Waals surface area contributed by atoms with Gasteiger partial charge in [-0.15, -0.1) is 0 Å². The second-order valence-electron chi connectivity index (χ2n) is 6.97. The lowest BCUT2D eigenvalue weighted by Gasteiger charge is -2.37. The first kappa shape index (κ1) is 16.8. The number of para-hydroxylation sites is 3. The molecule has 2 aromatic heterocycles. The third-order valence-electron chi connectivity index (χ3n) is 5.04. The number of nitrogens with one attached hydrogen (secondary N) is 1. The number of aliphatic hydroxyl groups excluding tert-OH is 1. The number of aromatic amines is 1. The first-order chi connectivity index (χ1) is 13.7. The Kier molecular flexibility index (Phi) is 3.98. The van der Waals surface area contributed by atoms with E-state index < -0.39 is 0 Å². The van der Waals surface area contributed by atoms with Crippen molar-refractivity contribution >= 4 is 22.5 Å². The maximum Gasteiger partial charge on any atom is 0.154 e. The molecule has 1 aliphatic rings. The first-order valence-electron chi connectivity index (χ1n) is 9.28. The third kappa shape index (κ3) is 2.70. The zero-order valence-corrected chi connectivity index (χ0v) is 15.5. The van der Waals surface area contributed by atoms with E-state index in [4.69, 9.17) is 9.72 Å². The highest BCUT2D eigenvalue weighted by Crippen LogP contribution is 2.44. The molecule has 0 saturated heterocycles. The number of nitrogens with zero attached hydrogens (tertiary/aromatic N) is 3. The van der Waals surface area contributed by atoms with E-state index >= 15 is 0 Å². The van der Waals surface area contributed by atoms with Gasteiger partial charge in [-0.2, -0.15) is 0 Å². The maximum absolute atomic E-state index is 9.92. The molecule has 140 valence electrons. The minimum atomic E-state index is -0.200. The van der Waals surface area contributed by atoms with E-state index in [1.54, 1.807) is 0 Å². The Morgan fingerprint density at radius 1 is 1.14 bits per heavy atom. The molecule has 28 heavy (non-hydrogen) atoms. The average Bonchev–Trinajstić information content (AvgIpc) is 3.17. The van der Waals surface area contributed by atoms with Crippen molar-refractivity contribution in [3.05, 3.63) is 66.4 Å². The number of aryl methyl sites for hydroxylation is 1. The standard InChI is InChI=1S/C22H20N4O2/c1-14-9-10-20(23-11-14)26-15(12-27)13-28-21-16(5-4-8-19(21)26)22-24-17-6-2-3-7-18(17)25-22/h2-11,15,27H,12-13H2,1H3,(H,24,25)/t15-/m0/s1. The Morgan fingerprint density at radius 2 is 2.04 bits per heavy atom. The molecule has 0 aliphatic carbocycles. The van der Waals surface area contributed by atoms with Gasteiger partial charge in [-0.25, -0.2) is 9.97 Å². The summed E-state index contributed by atoms with van der Waals surface area (Å²) < 4.78 is 6.09. The van der Waals surface area contributed by atoms with Gasteiger partial charge in [-0.1, -0.05) is 24.3 Å². The molecule has 3 heterocycles. The quantitative estimate of drug-likeness (QED) is 0.572. The summed E-state index contributed by atoms with van der Waals surface area (Å²) in [6.07, 6.45) is 1.84. The van der Waals surface area contributed by atoms with Crippen LogP contribution in [0.2, 0.25) is 0 Å². The van der Waals surface area contributed by atoms with Gasteiger partial charge in [-0.05, 0) is 42.8 Å². The Balaban J connectivity index is 1.66. The van der Waals surface area contributed by atoms with E-state index in [1.165, 1.54) is 0 Å². The van der Waals surface area contributed by atoms with Crippen molar-refractivity contribution in [3.8, 4) is 17.1 Å². The van der Waals surface area contributed by atoms with Gasteiger partial charge in [-0.3, -0.25) is 0 Å². The van der Waals surface area contributed by atoms with Crippen LogP contribution in [0.3, 0.4) is 0 Å². The van der Waals surface area contributed by atoms with Gasteiger partial charge in [0.15, 0.2) is 5.75 Å². The Hall–Kier alpha value is -3.38. The molecule has 1 aliphatic heterocycles. The fraction of sp³-hybridized carbons (Fsp3) is 0.182. The van der Waals surface area contributed by atoms with Gasteiger partial charge in [0.05, 0.1) is 34.9 Å². The third-order valence-corrected chi connectivity index (χ3v) is 5.04. The Labute approximate surface area is 162 Å². The molecule has 4 aromatic rings. The monoisotopic (exact) mass is 372 g/mol. The summed E-state index contributed by atoms with van der Waals surface area (Å²) in [6.45, 7) is 2.35. The van der Waals surface area contributed by atoms with E-state index in [-0.39, 0.29) is 12.6 Å². The fourth-order valence-electron chi connectivity index (χ4n) is 3.63. The van der Waals surface area contributed by atoms with Crippen molar-refractivity contribution in [3.63, 3.8) is 0 Å². The van der Waals surface area contributed by atoms with Gasteiger partial charge in [0.25, 0.3) is 0 Å². The van der Waals surface area contributed by atoms with Crippen molar-refractivity contribution in [2.75, 3.05) is 18.1 Å². The Morgan fingerprint density at radius 3 is 2.82 bits per heavy atom. The van der Waals surface area contributed by atoms with Crippen LogP contribution in [0.1, 0.15) is 5.56 Å². The number of benzene rings is 2. The highest BCUT2D eigenvalue weighted by Gasteiger charge is 2.31. The normalized spacial score (nSPS) is 16.1. The number of imidazole rings is 1. The van der Waals surface area contributed by atoms with Crippen LogP contribution in [0.15, 0.2) is 60.8 Å². The SMILES string of the molecule is Cc1ccc(N2c3cccc(-c4nc5ccccc5[nH]4)c3OC[C@@H]2CO)nc1. The molecule has 0 radical (unpaired) electrons. The molecule has 2 N–H and O–H groups in total. The van der Waals surface area contributed by atoms with Gasteiger partial charge in [0.1, 0.15) is 18.2 Å². The van der Waals surface area contributed by atoms with Crippen molar-refractivity contribution in [2.24, 2.45) is 0 Å². The van der Waals surface area contributed by atoms with Crippen molar-refractivity contribution in [1.82, 2.24) is 15.0 Å². The molecular formula is C22H20N4O2. The molecule has 0 unspecified atom stereocenters. The number of hydrogen-bond donors (Lipinski definition) is 2. The number of anilines is 2. The van der Waals surface area contributed by atoms with Crippen LogP contribution >= 0.6 is 0 Å². The van der Waals surface area contributed by atoms with Crippen LogP contribution in [0.5, 0.6) is 5.75 Å². The second kappa shape index (κ2) is 6.65. The number of hydrogen-bond acceptors (Lipinski definition) is 5. The minimum absolute atomic E-state index is 0.0239. The number of rotatable bonds is 3. The highest BCUT2D eigenvalue weighted by molar-refractivity contribution is 5.84. The average molecular weight is 372 g/mol. The number of aromatic nitrogens is 3. The van der Waals surface area contributed by atoms with Crippen LogP contribution in [0.4, 0.5) is 11.5 Å². The summed E-state index contributed by atoms with van der Waals surface area (Å²) in [5, 5.41) is 9.92. The number of fused-ring (bicyclic) bond motifs is 2. The van der Waals surface area contributed by atoms with Gasteiger partial charge >= 0.3 is 0 Å². The zero-order chi connectivity index (χ0) is 19.1. The first-order valence-corrected chi connectivity index (χ1v) is 9.28. The maximum atomic E-state index is 9.92. The number of ether oxygens (including phenoxy) is 1. The Bertz CT molecular complexity index is 1100. The predicted molar refractivity (Wildman–Crippen MR) is 109 cm³/mol. The molecule has 6 heteroatoms. The lowest BCUT2D eigenvalue weighted by Crippen LogP contribution is -2.43. The number of aliphatic hydroxyl groups is 1. The van der Waals surface area contributed by atoms with Crippen LogP contribution < -0.4 is 9.64 Å². The summed E-state index contributed by atoms with van der Waals surface area (Å²) in [6, 6.07) is 17.7. The van der Waals surface area contributed by atoms with Gasteiger partial charge in [0.2, 0.25) is 0 Å². The smallest absolute Gasteiger partial charge is 0.154 e. The lowest BCUT2D eigenvalue weighted by molar-refractivity contribution is 0.195. The van der Waals surface area contributed by atoms with E-state index in [1.807, 2.05) is 72.6 Å². The molecule has 1 atom stereocenters. The van der Waals surface area contributed by atoms with Crippen molar-refractivity contribution < 1.29 is 9.84 Å². The highest BCUT2D eigenvalue weighted by atomic mass is 16.5. The second-order valence-corrected chi connectivity index (χ2v) is 6.97. The summed E-state index contributed by atoms with van der Waals surface area (Å²) in [5.41, 5.74) is 4.75. The van der Waals surface area contributed by atoms with Crippen LogP contribution in [-0.2, 0) is 0 Å². The van der Waals surface area contributed by atoms with Crippen LogP contribution in [0, 0.1) is 6.92 Å². The largest absolute Gasteiger partial charge is 0.488 e. The molecule has 6 nitrogen and oxygen atoms in total.